The summed E-state index contributed by atoms with van der Waals surface area (Å²) in [6.07, 6.45) is 16.4. The summed E-state index contributed by atoms with van der Waals surface area (Å²) in [5, 5.41) is 13.9. The third kappa shape index (κ3) is 40.2. The maximum absolute atomic E-state index is 3.57. The lowest BCUT2D eigenvalue weighted by Crippen LogP contribution is -2.19. The van der Waals surface area contributed by atoms with E-state index in [1.807, 2.05) is 0 Å². The van der Waals surface area contributed by atoms with Crippen LogP contribution in [0.5, 0.6) is 0 Å². The molecule has 0 atom stereocenters. The van der Waals surface area contributed by atoms with Gasteiger partial charge >= 0.3 is 0 Å². The lowest BCUT2D eigenvalue weighted by molar-refractivity contribution is 0.528. The quantitative estimate of drug-likeness (QED) is 0.0940. The van der Waals surface area contributed by atoms with E-state index >= 15 is 0 Å². The van der Waals surface area contributed by atoms with Crippen LogP contribution in [0.1, 0.15) is 90.9 Å². The summed E-state index contributed by atoms with van der Waals surface area (Å²) in [5.41, 5.74) is 0. The van der Waals surface area contributed by atoms with Crippen molar-refractivity contribution in [3.8, 4) is 0 Å². The van der Waals surface area contributed by atoms with Crippen molar-refractivity contribution in [1.82, 2.24) is 21.3 Å². The van der Waals surface area contributed by atoms with Crippen LogP contribution in [-0.2, 0) is 0 Å². The molecule has 0 aromatic heterocycles. The van der Waals surface area contributed by atoms with Gasteiger partial charge in [0.05, 0.1) is 0 Å². The molecule has 0 bridgehead atoms. The predicted octanol–water partition coefficient (Wildman–Crippen LogP) is 6.38. The molecule has 0 aliphatic rings. The molecule has 0 aromatic carbocycles. The fourth-order valence-corrected chi connectivity index (χ4v) is 3.16. The van der Waals surface area contributed by atoms with Gasteiger partial charge in [-0.1, -0.05) is 52.4 Å². The molecule has 0 aromatic rings. The van der Waals surface area contributed by atoms with Gasteiger partial charge in [-0.2, -0.15) is 0 Å². The number of halogens is 4. The molecule has 0 aliphatic heterocycles. The van der Waals surface area contributed by atoms with Crippen LogP contribution in [0.2, 0.25) is 0 Å². The van der Waals surface area contributed by atoms with Crippen LogP contribution in [0.4, 0.5) is 0 Å². The fourth-order valence-electron chi connectivity index (χ4n) is 3.16. The van der Waals surface area contributed by atoms with Crippen LogP contribution in [-0.4, -0.2) is 52.4 Å². The second-order valence-corrected chi connectivity index (χ2v) is 7.45. The molecule has 4 nitrogen and oxygen atoms in total. The van der Waals surface area contributed by atoms with Crippen molar-refractivity contribution in [1.29, 1.82) is 0 Å². The first-order chi connectivity index (χ1) is 12.9. The number of unbranched alkanes of at least 4 members (excludes halogenated alkanes) is 9. The van der Waals surface area contributed by atoms with Crippen molar-refractivity contribution < 1.29 is 0 Å². The molecule has 0 spiro atoms. The molecular weight excluding hydrogens is 640 g/mol. The average Bonchev–Trinajstić information content (AvgIpc) is 2.66. The maximum atomic E-state index is 3.57. The van der Waals surface area contributed by atoms with Crippen molar-refractivity contribution in [2.24, 2.45) is 0 Å². The third-order valence-electron chi connectivity index (χ3n) is 4.87. The summed E-state index contributed by atoms with van der Waals surface area (Å²) in [4.78, 5) is 0. The summed E-state index contributed by atoms with van der Waals surface area (Å²) < 4.78 is 0. The summed E-state index contributed by atoms with van der Waals surface area (Å²) in [6.45, 7) is 13.7. The van der Waals surface area contributed by atoms with Gasteiger partial charge in [-0.25, -0.2) is 0 Å². The molecule has 8 heteroatoms. The van der Waals surface area contributed by atoms with E-state index < -0.39 is 0 Å². The molecule has 30 heavy (non-hydrogen) atoms. The molecule has 0 saturated heterocycles. The molecule has 0 radical (unpaired) electrons. The standard InChI is InChI=1S/C22H50N4.4BrH/c1-3-23-17-13-15-21-25-19-11-9-7-5-6-8-10-12-20-26-22-16-14-18-24-4-2;;;;/h23-26H,3-22H2,1-2H3;4*1H. The Hall–Kier alpha value is 1.76. The number of hydrogen-bond donors (Lipinski definition) is 4. The maximum Gasteiger partial charge on any atom is -0.00484 e. The number of rotatable bonds is 23. The second-order valence-electron chi connectivity index (χ2n) is 7.45. The average molecular weight is 694 g/mol. The van der Waals surface area contributed by atoms with E-state index in [-0.39, 0.29) is 67.9 Å². The Morgan fingerprint density at radius 2 is 0.500 bits per heavy atom. The number of nitrogens with one attached hydrogen (secondary N) is 4. The molecular formula is C22H54Br4N4. The molecule has 0 aliphatic carbocycles. The van der Waals surface area contributed by atoms with Crippen LogP contribution >= 0.6 is 67.9 Å². The second kappa shape index (κ2) is 41.1. The van der Waals surface area contributed by atoms with E-state index in [1.165, 1.54) is 116 Å². The van der Waals surface area contributed by atoms with E-state index in [2.05, 4.69) is 35.1 Å². The highest BCUT2D eigenvalue weighted by Gasteiger charge is 1.94. The summed E-state index contributed by atoms with van der Waals surface area (Å²) in [5.74, 6) is 0. The smallest absolute Gasteiger partial charge is 0.00484 e. The molecule has 0 saturated carbocycles. The Morgan fingerprint density at radius 3 is 0.767 bits per heavy atom. The van der Waals surface area contributed by atoms with Gasteiger partial charge < -0.3 is 21.3 Å². The van der Waals surface area contributed by atoms with Gasteiger partial charge in [0.1, 0.15) is 0 Å². The number of hydrogen-bond acceptors (Lipinski definition) is 4. The van der Waals surface area contributed by atoms with Gasteiger partial charge in [0.25, 0.3) is 0 Å². The Kier molecular flexibility index (Phi) is 57.4. The van der Waals surface area contributed by atoms with E-state index in [0.717, 1.165) is 13.1 Å². The first kappa shape index (κ1) is 42.0. The highest BCUT2D eigenvalue weighted by molar-refractivity contribution is 8.93. The highest BCUT2D eigenvalue weighted by atomic mass is 79.9. The van der Waals surface area contributed by atoms with Gasteiger partial charge in [0.2, 0.25) is 0 Å². The van der Waals surface area contributed by atoms with Crippen LogP contribution in [0, 0.1) is 0 Å². The third-order valence-corrected chi connectivity index (χ3v) is 4.87. The Labute approximate surface area is 231 Å². The minimum Gasteiger partial charge on any atom is -0.317 e. The Morgan fingerprint density at radius 1 is 0.300 bits per heavy atom. The van der Waals surface area contributed by atoms with Crippen molar-refractivity contribution in [3.05, 3.63) is 0 Å². The fraction of sp³-hybridized carbons (Fsp3) is 1.00. The van der Waals surface area contributed by atoms with Crippen LogP contribution < -0.4 is 21.3 Å². The van der Waals surface area contributed by atoms with E-state index in [0.29, 0.717) is 0 Å². The van der Waals surface area contributed by atoms with Gasteiger partial charge in [-0.15, -0.1) is 67.9 Å². The largest absolute Gasteiger partial charge is 0.317 e. The zero-order chi connectivity index (χ0) is 19.0. The summed E-state index contributed by atoms with van der Waals surface area (Å²) in [6, 6.07) is 0. The zero-order valence-corrected chi connectivity index (χ0v) is 26.6. The summed E-state index contributed by atoms with van der Waals surface area (Å²) in [7, 11) is 0. The van der Waals surface area contributed by atoms with E-state index in [4.69, 9.17) is 0 Å². The van der Waals surface area contributed by atoms with Crippen molar-refractivity contribution in [2.45, 2.75) is 90.9 Å². The van der Waals surface area contributed by atoms with Crippen LogP contribution in [0.3, 0.4) is 0 Å². The van der Waals surface area contributed by atoms with Crippen molar-refractivity contribution >= 4 is 67.9 Å². The molecule has 4 N–H and O–H groups in total. The highest BCUT2D eigenvalue weighted by Crippen LogP contribution is 2.08. The SMILES string of the molecule is Br.Br.Br.Br.CCNCCCCNCCCCCCCCCCNCCCCNCC. The molecule has 0 fully saturated rings. The molecule has 0 heterocycles. The molecule has 0 unspecified atom stereocenters. The van der Waals surface area contributed by atoms with Crippen molar-refractivity contribution in [3.63, 3.8) is 0 Å². The minimum absolute atomic E-state index is 0. The van der Waals surface area contributed by atoms with Gasteiger partial charge in [0.15, 0.2) is 0 Å². The topological polar surface area (TPSA) is 48.1 Å². The molecule has 0 rings (SSSR count). The molecule has 190 valence electrons. The zero-order valence-electron chi connectivity index (χ0n) is 19.8. The lowest BCUT2D eigenvalue weighted by Gasteiger charge is -2.06. The van der Waals surface area contributed by atoms with E-state index in [9.17, 15) is 0 Å². The summed E-state index contributed by atoms with van der Waals surface area (Å²) >= 11 is 0. The van der Waals surface area contributed by atoms with Gasteiger partial charge in [-0.05, 0) is 90.9 Å². The van der Waals surface area contributed by atoms with Gasteiger partial charge in [0, 0.05) is 0 Å². The monoisotopic (exact) mass is 690 g/mol. The molecule has 0 amide bonds. The van der Waals surface area contributed by atoms with E-state index in [1.54, 1.807) is 0 Å². The Bertz CT molecular complexity index is 229. The van der Waals surface area contributed by atoms with Crippen LogP contribution in [0.15, 0.2) is 0 Å². The minimum atomic E-state index is 0. The van der Waals surface area contributed by atoms with Gasteiger partial charge in [-0.3, -0.25) is 0 Å². The normalized spacial score (nSPS) is 9.80. The first-order valence-corrected chi connectivity index (χ1v) is 11.7. The lowest BCUT2D eigenvalue weighted by atomic mass is 10.1. The van der Waals surface area contributed by atoms with Crippen LogP contribution in [0.25, 0.3) is 0 Å². The van der Waals surface area contributed by atoms with Crippen molar-refractivity contribution in [2.75, 3.05) is 52.4 Å². The first-order valence-electron chi connectivity index (χ1n) is 11.7. The Balaban J connectivity index is -0.000000521. The predicted molar refractivity (Wildman–Crippen MR) is 160 cm³/mol.